The van der Waals surface area contributed by atoms with Crippen molar-refractivity contribution in [1.82, 2.24) is 9.62 Å². The minimum atomic E-state index is -3.71. The average Bonchev–Trinajstić information content (AvgIpc) is 2.61. The zero-order valence-electron chi connectivity index (χ0n) is 14.5. The number of aryl methyl sites for hydroxylation is 2. The monoisotopic (exact) mass is 358 g/mol. The first-order valence-corrected chi connectivity index (χ1v) is 9.76. The first kappa shape index (κ1) is 17.6. The van der Waals surface area contributed by atoms with Crippen LogP contribution in [0.25, 0.3) is 0 Å². The van der Waals surface area contributed by atoms with Crippen molar-refractivity contribution in [2.75, 3.05) is 13.1 Å². The third kappa shape index (κ3) is 3.91. The third-order valence-corrected chi connectivity index (χ3v) is 6.07. The van der Waals surface area contributed by atoms with Crippen molar-refractivity contribution < 1.29 is 13.2 Å². The maximum absolute atomic E-state index is 12.5. The first-order valence-electron chi connectivity index (χ1n) is 8.28. The number of benzene rings is 2. The molecule has 0 fully saturated rings. The summed E-state index contributed by atoms with van der Waals surface area (Å²) in [5.74, 6) is -0.205. The van der Waals surface area contributed by atoms with Gasteiger partial charge in [0, 0.05) is 13.1 Å². The van der Waals surface area contributed by atoms with Crippen LogP contribution in [0.5, 0.6) is 0 Å². The van der Waals surface area contributed by atoms with Gasteiger partial charge >= 0.3 is 0 Å². The highest BCUT2D eigenvalue weighted by molar-refractivity contribution is 7.89. The number of hydrogen-bond acceptors (Lipinski definition) is 3. The number of rotatable bonds is 4. The van der Waals surface area contributed by atoms with Crippen molar-refractivity contribution >= 4 is 15.9 Å². The van der Waals surface area contributed by atoms with Gasteiger partial charge in [0.15, 0.2) is 0 Å². The van der Waals surface area contributed by atoms with Gasteiger partial charge in [-0.25, -0.2) is 13.1 Å². The van der Waals surface area contributed by atoms with Crippen LogP contribution in [0, 0.1) is 13.8 Å². The number of carbonyl (C=O) groups is 1. The molecule has 1 aliphatic rings. The predicted octanol–water partition coefficient (Wildman–Crippen LogP) is 2.17. The molecule has 0 radical (unpaired) electrons. The van der Waals surface area contributed by atoms with Crippen molar-refractivity contribution in [3.8, 4) is 0 Å². The second kappa shape index (κ2) is 6.98. The van der Waals surface area contributed by atoms with E-state index in [1.54, 1.807) is 24.0 Å². The average molecular weight is 358 g/mol. The molecule has 6 heteroatoms. The molecular weight excluding hydrogens is 336 g/mol. The SMILES string of the molecule is Cc1ccc(C)c(S(=O)(=O)NCC(=O)N2CCc3ccccc3C2)c1. The summed E-state index contributed by atoms with van der Waals surface area (Å²) in [5, 5.41) is 0. The molecule has 0 unspecified atom stereocenters. The van der Waals surface area contributed by atoms with Crippen molar-refractivity contribution in [1.29, 1.82) is 0 Å². The van der Waals surface area contributed by atoms with E-state index in [9.17, 15) is 13.2 Å². The maximum atomic E-state index is 12.5. The number of hydrogen-bond donors (Lipinski definition) is 1. The summed E-state index contributed by atoms with van der Waals surface area (Å²) in [4.78, 5) is 14.4. The summed E-state index contributed by atoms with van der Waals surface area (Å²) < 4.78 is 27.5. The lowest BCUT2D eigenvalue weighted by Crippen LogP contribution is -2.42. The molecular formula is C19H22N2O3S. The predicted molar refractivity (Wildman–Crippen MR) is 96.7 cm³/mol. The van der Waals surface area contributed by atoms with Gasteiger partial charge in [-0.3, -0.25) is 4.79 Å². The topological polar surface area (TPSA) is 66.5 Å². The molecule has 1 N–H and O–H groups in total. The highest BCUT2D eigenvalue weighted by atomic mass is 32.2. The molecule has 0 aromatic heterocycles. The molecule has 0 bridgehead atoms. The lowest BCUT2D eigenvalue weighted by Gasteiger charge is -2.29. The Morgan fingerprint density at radius 2 is 1.84 bits per heavy atom. The van der Waals surface area contributed by atoms with Crippen LogP contribution >= 0.6 is 0 Å². The number of nitrogens with one attached hydrogen (secondary N) is 1. The summed E-state index contributed by atoms with van der Waals surface area (Å²) in [5.41, 5.74) is 3.91. The van der Waals surface area contributed by atoms with Crippen LogP contribution in [0.3, 0.4) is 0 Å². The lowest BCUT2D eigenvalue weighted by molar-refractivity contribution is -0.130. The van der Waals surface area contributed by atoms with Gasteiger partial charge in [-0.15, -0.1) is 0 Å². The van der Waals surface area contributed by atoms with Gasteiger partial charge in [0.1, 0.15) is 0 Å². The van der Waals surface area contributed by atoms with Gasteiger partial charge in [0.2, 0.25) is 15.9 Å². The van der Waals surface area contributed by atoms with Crippen molar-refractivity contribution in [3.63, 3.8) is 0 Å². The standard InChI is InChI=1S/C19H22N2O3S/c1-14-7-8-15(2)18(11-14)25(23,24)20-12-19(22)21-10-9-16-5-3-4-6-17(16)13-21/h3-8,11,20H,9-10,12-13H2,1-2H3. The summed E-state index contributed by atoms with van der Waals surface area (Å²) in [7, 11) is -3.71. The molecule has 1 heterocycles. The molecule has 0 atom stereocenters. The largest absolute Gasteiger partial charge is 0.337 e. The van der Waals surface area contributed by atoms with Gasteiger partial charge in [-0.05, 0) is 48.6 Å². The lowest BCUT2D eigenvalue weighted by atomic mass is 10.00. The first-order chi connectivity index (χ1) is 11.9. The Bertz CT molecular complexity index is 907. The molecule has 2 aromatic carbocycles. The molecule has 1 amide bonds. The van der Waals surface area contributed by atoms with Crippen LogP contribution in [-0.4, -0.2) is 32.3 Å². The quantitative estimate of drug-likeness (QED) is 0.911. The Labute approximate surface area is 148 Å². The molecule has 0 spiro atoms. The van der Waals surface area contributed by atoms with E-state index in [0.717, 1.165) is 17.5 Å². The highest BCUT2D eigenvalue weighted by Gasteiger charge is 2.23. The van der Waals surface area contributed by atoms with E-state index in [4.69, 9.17) is 0 Å². The van der Waals surface area contributed by atoms with E-state index in [1.165, 1.54) is 5.56 Å². The molecule has 0 aliphatic carbocycles. The van der Waals surface area contributed by atoms with Gasteiger partial charge in [-0.1, -0.05) is 36.4 Å². The number of fused-ring (bicyclic) bond motifs is 1. The van der Waals surface area contributed by atoms with Crippen LogP contribution in [0.4, 0.5) is 0 Å². The van der Waals surface area contributed by atoms with E-state index >= 15 is 0 Å². The Hall–Kier alpha value is -2.18. The summed E-state index contributed by atoms with van der Waals surface area (Å²) in [6.45, 7) is 4.51. The molecule has 0 saturated carbocycles. The minimum absolute atomic E-state index is 0.205. The highest BCUT2D eigenvalue weighted by Crippen LogP contribution is 2.19. The molecule has 2 aromatic rings. The fraction of sp³-hybridized carbons (Fsp3) is 0.316. The minimum Gasteiger partial charge on any atom is -0.337 e. The fourth-order valence-electron chi connectivity index (χ4n) is 3.05. The normalized spacial score (nSPS) is 14.2. The maximum Gasteiger partial charge on any atom is 0.241 e. The van der Waals surface area contributed by atoms with Crippen LogP contribution in [0.15, 0.2) is 47.4 Å². The van der Waals surface area contributed by atoms with Crippen LogP contribution in [0.2, 0.25) is 0 Å². The van der Waals surface area contributed by atoms with Crippen LogP contribution in [-0.2, 0) is 27.8 Å². The van der Waals surface area contributed by atoms with Gasteiger partial charge in [0.05, 0.1) is 11.4 Å². The molecule has 25 heavy (non-hydrogen) atoms. The van der Waals surface area contributed by atoms with Crippen molar-refractivity contribution in [2.24, 2.45) is 0 Å². The number of sulfonamides is 1. The smallest absolute Gasteiger partial charge is 0.241 e. The van der Waals surface area contributed by atoms with E-state index < -0.39 is 10.0 Å². The van der Waals surface area contributed by atoms with Crippen molar-refractivity contribution in [3.05, 3.63) is 64.7 Å². The Morgan fingerprint density at radius 3 is 2.60 bits per heavy atom. The van der Waals surface area contributed by atoms with Gasteiger partial charge < -0.3 is 4.90 Å². The molecule has 132 valence electrons. The van der Waals surface area contributed by atoms with E-state index in [0.29, 0.717) is 18.7 Å². The second-order valence-corrected chi connectivity index (χ2v) is 8.16. The Kier molecular flexibility index (Phi) is 4.92. The number of amides is 1. The van der Waals surface area contributed by atoms with E-state index in [2.05, 4.69) is 10.8 Å². The van der Waals surface area contributed by atoms with E-state index in [-0.39, 0.29) is 17.3 Å². The van der Waals surface area contributed by atoms with Crippen LogP contribution in [0.1, 0.15) is 22.3 Å². The zero-order chi connectivity index (χ0) is 18.0. The molecule has 5 nitrogen and oxygen atoms in total. The van der Waals surface area contributed by atoms with Crippen molar-refractivity contribution in [2.45, 2.75) is 31.7 Å². The van der Waals surface area contributed by atoms with Gasteiger partial charge in [-0.2, -0.15) is 0 Å². The molecule has 3 rings (SSSR count). The second-order valence-electron chi connectivity index (χ2n) is 6.43. The summed E-state index contributed by atoms with van der Waals surface area (Å²) in [6.07, 6.45) is 0.797. The fourth-order valence-corrected chi connectivity index (χ4v) is 4.35. The summed E-state index contributed by atoms with van der Waals surface area (Å²) >= 11 is 0. The number of carbonyl (C=O) groups excluding carboxylic acids is 1. The number of nitrogens with zero attached hydrogens (tertiary/aromatic N) is 1. The zero-order valence-corrected chi connectivity index (χ0v) is 15.3. The summed E-state index contributed by atoms with van der Waals surface area (Å²) in [6, 6.07) is 13.3. The molecule has 0 saturated heterocycles. The van der Waals surface area contributed by atoms with Crippen LogP contribution < -0.4 is 4.72 Å². The Balaban J connectivity index is 1.67. The Morgan fingerprint density at radius 1 is 1.12 bits per heavy atom. The third-order valence-electron chi connectivity index (χ3n) is 4.53. The molecule has 1 aliphatic heterocycles. The van der Waals surface area contributed by atoms with E-state index in [1.807, 2.05) is 31.2 Å². The van der Waals surface area contributed by atoms with Gasteiger partial charge in [0.25, 0.3) is 0 Å².